The first kappa shape index (κ1) is 22.8. The number of likely N-dealkylation sites (tertiary alicyclic amines) is 1. The molecule has 0 aromatic heterocycles. The molecular formula is C27H36N2O3. The van der Waals surface area contributed by atoms with E-state index in [1.165, 1.54) is 22.4 Å². The maximum Gasteiger partial charge on any atom is 0.225 e. The van der Waals surface area contributed by atoms with Gasteiger partial charge in [-0.25, -0.2) is 0 Å². The van der Waals surface area contributed by atoms with Crippen molar-refractivity contribution in [3.63, 3.8) is 0 Å². The van der Waals surface area contributed by atoms with Crippen molar-refractivity contribution in [2.45, 2.75) is 39.4 Å². The van der Waals surface area contributed by atoms with E-state index in [1.807, 2.05) is 18.7 Å². The molecule has 5 nitrogen and oxygen atoms in total. The Bertz CT molecular complexity index is 938. The van der Waals surface area contributed by atoms with E-state index in [1.54, 1.807) is 0 Å². The molecule has 2 fully saturated rings. The Labute approximate surface area is 192 Å². The third-order valence-electron chi connectivity index (χ3n) is 6.88. The van der Waals surface area contributed by atoms with Gasteiger partial charge in [0.15, 0.2) is 5.79 Å². The third kappa shape index (κ3) is 4.28. The van der Waals surface area contributed by atoms with Gasteiger partial charge in [0.25, 0.3) is 0 Å². The molecule has 172 valence electrons. The first-order valence-electron chi connectivity index (χ1n) is 11.8. The molecule has 1 amide bonds. The fourth-order valence-corrected chi connectivity index (χ4v) is 5.04. The number of amides is 1. The fourth-order valence-electron chi connectivity index (χ4n) is 5.04. The van der Waals surface area contributed by atoms with Crippen molar-refractivity contribution in [2.24, 2.45) is 11.8 Å². The summed E-state index contributed by atoms with van der Waals surface area (Å²) in [5.74, 6) is -0.170. The summed E-state index contributed by atoms with van der Waals surface area (Å²) in [6.45, 7) is 8.85. The Hall–Kier alpha value is -2.37. The molecule has 2 aliphatic heterocycles. The summed E-state index contributed by atoms with van der Waals surface area (Å²) in [6, 6.07) is 15.2. The van der Waals surface area contributed by atoms with Crippen LogP contribution in [0, 0.1) is 18.8 Å². The number of hydrogen-bond acceptors (Lipinski definition) is 4. The molecule has 0 bridgehead atoms. The average molecular weight is 437 g/mol. The smallest absolute Gasteiger partial charge is 0.225 e. The molecule has 0 radical (unpaired) electrons. The molecule has 4 rings (SSSR count). The predicted molar refractivity (Wildman–Crippen MR) is 129 cm³/mol. The zero-order chi connectivity index (χ0) is 22.9. The van der Waals surface area contributed by atoms with Crippen LogP contribution >= 0.6 is 0 Å². The highest BCUT2D eigenvalue weighted by Crippen LogP contribution is 2.44. The molecule has 0 aliphatic carbocycles. The second-order valence-electron chi connectivity index (χ2n) is 9.59. The van der Waals surface area contributed by atoms with Crippen LogP contribution in [0.2, 0.25) is 0 Å². The van der Waals surface area contributed by atoms with Crippen LogP contribution in [-0.2, 0) is 20.1 Å². The van der Waals surface area contributed by atoms with Gasteiger partial charge in [0.2, 0.25) is 5.91 Å². The van der Waals surface area contributed by atoms with Crippen LogP contribution in [0.25, 0.3) is 11.1 Å². The van der Waals surface area contributed by atoms with Crippen LogP contribution < -0.4 is 4.90 Å². The molecule has 2 saturated heterocycles. The van der Waals surface area contributed by atoms with Gasteiger partial charge in [-0.3, -0.25) is 4.79 Å². The zero-order valence-corrected chi connectivity index (χ0v) is 20.1. The number of piperidine rings is 1. The lowest BCUT2D eigenvalue weighted by Gasteiger charge is -2.41. The lowest BCUT2D eigenvalue weighted by Crippen LogP contribution is -2.47. The van der Waals surface area contributed by atoms with E-state index in [2.05, 4.69) is 68.4 Å². The van der Waals surface area contributed by atoms with Crippen molar-refractivity contribution >= 4 is 11.6 Å². The second kappa shape index (κ2) is 9.24. The Morgan fingerprint density at radius 1 is 1.03 bits per heavy atom. The predicted octanol–water partition coefficient (Wildman–Crippen LogP) is 4.82. The van der Waals surface area contributed by atoms with E-state index in [0.717, 1.165) is 31.5 Å². The topological polar surface area (TPSA) is 42.0 Å². The second-order valence-corrected chi connectivity index (χ2v) is 9.59. The number of nitrogens with zero attached hydrogens (tertiary/aromatic N) is 2. The third-order valence-corrected chi connectivity index (χ3v) is 6.88. The van der Waals surface area contributed by atoms with Gasteiger partial charge in [-0.05, 0) is 48.6 Å². The summed E-state index contributed by atoms with van der Waals surface area (Å²) < 4.78 is 12.6. The Kier molecular flexibility index (Phi) is 6.59. The fraction of sp³-hybridized carbons (Fsp3) is 0.519. The van der Waals surface area contributed by atoms with Gasteiger partial charge in [0, 0.05) is 50.3 Å². The molecule has 2 aromatic rings. The number of benzene rings is 2. The normalized spacial score (nSPS) is 18.9. The van der Waals surface area contributed by atoms with Crippen LogP contribution in [0.3, 0.4) is 0 Å². The molecule has 0 spiro atoms. The van der Waals surface area contributed by atoms with Gasteiger partial charge in [-0.15, -0.1) is 0 Å². The summed E-state index contributed by atoms with van der Waals surface area (Å²) in [5.41, 5.74) is 5.98. The highest BCUT2D eigenvalue weighted by Gasteiger charge is 2.47. The van der Waals surface area contributed by atoms with Crippen LogP contribution in [0.4, 0.5) is 5.69 Å². The number of hydrogen-bond donors (Lipinski definition) is 0. The number of carbonyl (C=O) groups excluding carboxylic acids is 1. The lowest BCUT2D eigenvalue weighted by molar-refractivity contribution is -0.214. The van der Waals surface area contributed by atoms with E-state index in [-0.39, 0.29) is 17.7 Å². The van der Waals surface area contributed by atoms with Crippen LogP contribution in [0.5, 0.6) is 0 Å². The number of ether oxygens (including phenoxy) is 2. The van der Waals surface area contributed by atoms with E-state index in [0.29, 0.717) is 13.2 Å². The standard InChI is InChI=1S/C27H36N2O3/c1-19(2)26(30)29-14-12-23(13-15-29)27(31-16-17-32-27)22-8-6-21(7-9-22)25-11-10-24(28(4)5)18-20(25)3/h6-11,18-19,23H,12-17H2,1-5H3. The van der Waals surface area contributed by atoms with Crippen molar-refractivity contribution in [1.82, 2.24) is 4.90 Å². The largest absolute Gasteiger partial charge is 0.378 e. The maximum absolute atomic E-state index is 12.4. The van der Waals surface area contributed by atoms with E-state index >= 15 is 0 Å². The molecule has 0 N–H and O–H groups in total. The molecule has 2 aromatic carbocycles. The molecule has 32 heavy (non-hydrogen) atoms. The Morgan fingerprint density at radius 3 is 2.19 bits per heavy atom. The van der Waals surface area contributed by atoms with Crippen LogP contribution in [0.1, 0.15) is 37.8 Å². The van der Waals surface area contributed by atoms with Crippen molar-refractivity contribution in [1.29, 1.82) is 0 Å². The molecule has 0 atom stereocenters. The van der Waals surface area contributed by atoms with Gasteiger partial charge in [0.05, 0.1) is 13.2 Å². The highest BCUT2D eigenvalue weighted by atomic mass is 16.7. The summed E-state index contributed by atoms with van der Waals surface area (Å²) >= 11 is 0. The van der Waals surface area contributed by atoms with Gasteiger partial charge < -0.3 is 19.3 Å². The first-order valence-corrected chi connectivity index (χ1v) is 11.8. The van der Waals surface area contributed by atoms with Gasteiger partial charge in [0.1, 0.15) is 0 Å². The molecule has 2 heterocycles. The van der Waals surface area contributed by atoms with Gasteiger partial charge >= 0.3 is 0 Å². The van der Waals surface area contributed by atoms with Crippen molar-refractivity contribution in [2.75, 3.05) is 45.3 Å². The molecule has 5 heteroatoms. The van der Waals surface area contributed by atoms with E-state index < -0.39 is 5.79 Å². The lowest BCUT2D eigenvalue weighted by atomic mass is 9.83. The van der Waals surface area contributed by atoms with Crippen LogP contribution in [-0.4, -0.2) is 51.2 Å². The van der Waals surface area contributed by atoms with E-state index in [4.69, 9.17) is 9.47 Å². The number of aryl methyl sites for hydroxylation is 1. The monoisotopic (exact) mass is 436 g/mol. The summed E-state index contributed by atoms with van der Waals surface area (Å²) in [7, 11) is 4.13. The summed E-state index contributed by atoms with van der Waals surface area (Å²) in [6.07, 6.45) is 1.79. The quantitative estimate of drug-likeness (QED) is 0.674. The van der Waals surface area contributed by atoms with E-state index in [9.17, 15) is 4.79 Å². The minimum atomic E-state index is -0.699. The Balaban J connectivity index is 1.54. The first-order chi connectivity index (χ1) is 15.3. The van der Waals surface area contributed by atoms with Crippen molar-refractivity contribution < 1.29 is 14.3 Å². The number of carbonyl (C=O) groups is 1. The minimum Gasteiger partial charge on any atom is -0.378 e. The Morgan fingerprint density at radius 2 is 1.66 bits per heavy atom. The highest BCUT2D eigenvalue weighted by molar-refractivity contribution is 5.78. The molecule has 2 aliphatic rings. The SMILES string of the molecule is Cc1cc(N(C)C)ccc1-c1ccc(C2(C3CCN(C(=O)C(C)C)CC3)OCCO2)cc1. The zero-order valence-electron chi connectivity index (χ0n) is 20.1. The summed E-state index contributed by atoms with van der Waals surface area (Å²) in [4.78, 5) is 16.5. The summed E-state index contributed by atoms with van der Waals surface area (Å²) in [5, 5.41) is 0. The van der Waals surface area contributed by atoms with Crippen LogP contribution in [0.15, 0.2) is 42.5 Å². The number of rotatable bonds is 5. The van der Waals surface area contributed by atoms with Crippen molar-refractivity contribution in [3.05, 3.63) is 53.6 Å². The maximum atomic E-state index is 12.4. The molecule has 0 unspecified atom stereocenters. The molecule has 0 saturated carbocycles. The minimum absolute atomic E-state index is 0.0438. The van der Waals surface area contributed by atoms with Gasteiger partial charge in [-0.2, -0.15) is 0 Å². The number of anilines is 1. The average Bonchev–Trinajstić information content (AvgIpc) is 3.30. The molecular weight excluding hydrogens is 400 g/mol. The van der Waals surface area contributed by atoms with Gasteiger partial charge in [-0.1, -0.05) is 44.2 Å². The van der Waals surface area contributed by atoms with Crippen molar-refractivity contribution in [3.8, 4) is 11.1 Å².